The van der Waals surface area contributed by atoms with Gasteiger partial charge in [0.05, 0.1) is 9.75 Å². The van der Waals surface area contributed by atoms with Crippen LogP contribution < -0.4 is 0 Å². The lowest BCUT2D eigenvalue weighted by atomic mass is 10.0. The van der Waals surface area contributed by atoms with Gasteiger partial charge < -0.3 is 0 Å². The second-order valence-electron chi connectivity index (χ2n) is 6.53. The van der Waals surface area contributed by atoms with Crippen LogP contribution in [0, 0.1) is 0 Å². The first-order valence-corrected chi connectivity index (χ1v) is 11.7. The smallest absolute Gasteiger partial charge is 0.203 e. The Morgan fingerprint density at radius 2 is 1.20 bits per heavy atom. The van der Waals surface area contributed by atoms with Gasteiger partial charge in [-0.2, -0.15) is 0 Å². The standard InChI is InChI=1S/C24H13Br2ClO2S/c25-17-7-1-15(2-8-17)22(28)21-13-20(14-5-11-19(27)12-6-14)24(30-21)23(29)16-3-9-18(26)10-4-16/h1-13H. The van der Waals surface area contributed by atoms with Crippen molar-refractivity contribution in [1.82, 2.24) is 0 Å². The molecule has 4 rings (SSSR count). The van der Waals surface area contributed by atoms with E-state index >= 15 is 0 Å². The third-order valence-corrected chi connectivity index (χ3v) is 6.97. The molecule has 1 heterocycles. The van der Waals surface area contributed by atoms with Crippen LogP contribution in [0.2, 0.25) is 5.02 Å². The van der Waals surface area contributed by atoms with Crippen molar-refractivity contribution in [2.75, 3.05) is 0 Å². The number of hydrogen-bond acceptors (Lipinski definition) is 3. The van der Waals surface area contributed by atoms with Gasteiger partial charge in [0.2, 0.25) is 11.6 Å². The maximum Gasteiger partial charge on any atom is 0.203 e. The molecule has 0 aliphatic heterocycles. The quantitative estimate of drug-likeness (QED) is 0.232. The monoisotopic (exact) mass is 558 g/mol. The topological polar surface area (TPSA) is 34.1 Å². The van der Waals surface area contributed by atoms with E-state index in [2.05, 4.69) is 31.9 Å². The van der Waals surface area contributed by atoms with Crippen LogP contribution in [-0.4, -0.2) is 11.6 Å². The summed E-state index contributed by atoms with van der Waals surface area (Å²) in [4.78, 5) is 27.4. The van der Waals surface area contributed by atoms with Crippen molar-refractivity contribution in [3.8, 4) is 11.1 Å². The van der Waals surface area contributed by atoms with Crippen molar-refractivity contribution >= 4 is 66.4 Å². The molecule has 4 aromatic rings. The Morgan fingerprint density at radius 1 is 0.700 bits per heavy atom. The van der Waals surface area contributed by atoms with Gasteiger partial charge in [-0.25, -0.2) is 0 Å². The van der Waals surface area contributed by atoms with Crippen LogP contribution >= 0.6 is 54.8 Å². The Bertz CT molecular complexity index is 1230. The molecule has 148 valence electrons. The summed E-state index contributed by atoms with van der Waals surface area (Å²) in [6.45, 7) is 0. The molecule has 0 spiro atoms. The van der Waals surface area contributed by atoms with E-state index in [-0.39, 0.29) is 11.6 Å². The highest BCUT2D eigenvalue weighted by Crippen LogP contribution is 2.35. The lowest BCUT2D eigenvalue weighted by Gasteiger charge is -2.04. The van der Waals surface area contributed by atoms with Gasteiger partial charge in [0.25, 0.3) is 0 Å². The lowest BCUT2D eigenvalue weighted by molar-refractivity contribution is 0.103. The zero-order valence-corrected chi connectivity index (χ0v) is 20.1. The maximum absolute atomic E-state index is 13.3. The number of carbonyl (C=O) groups excluding carboxylic acids is 2. The van der Waals surface area contributed by atoms with E-state index in [4.69, 9.17) is 11.6 Å². The van der Waals surface area contributed by atoms with Crippen LogP contribution in [-0.2, 0) is 0 Å². The van der Waals surface area contributed by atoms with Crippen molar-refractivity contribution in [1.29, 1.82) is 0 Å². The third kappa shape index (κ3) is 4.49. The van der Waals surface area contributed by atoms with Crippen molar-refractivity contribution in [3.05, 3.63) is 114 Å². The van der Waals surface area contributed by atoms with Gasteiger partial charge in [-0.1, -0.05) is 55.6 Å². The van der Waals surface area contributed by atoms with Crippen LogP contribution in [0.15, 0.2) is 87.8 Å². The van der Waals surface area contributed by atoms with E-state index < -0.39 is 0 Å². The Kier molecular flexibility index (Phi) is 6.34. The molecule has 0 atom stereocenters. The molecule has 0 aliphatic carbocycles. The minimum atomic E-state index is -0.118. The van der Waals surface area contributed by atoms with Gasteiger partial charge in [-0.15, -0.1) is 11.3 Å². The summed E-state index contributed by atoms with van der Waals surface area (Å²) in [5, 5.41) is 0.612. The first kappa shape index (κ1) is 21.2. The average molecular weight is 561 g/mol. The predicted octanol–water partition coefficient (Wildman–Crippen LogP) is 8.06. The molecule has 2 nitrogen and oxygen atoms in total. The van der Waals surface area contributed by atoms with E-state index in [0.29, 0.717) is 25.9 Å². The molecule has 0 saturated heterocycles. The van der Waals surface area contributed by atoms with Crippen LogP contribution in [0.5, 0.6) is 0 Å². The van der Waals surface area contributed by atoms with E-state index in [1.165, 1.54) is 11.3 Å². The molecule has 30 heavy (non-hydrogen) atoms. The maximum atomic E-state index is 13.3. The first-order valence-electron chi connectivity index (χ1n) is 8.92. The predicted molar refractivity (Wildman–Crippen MR) is 130 cm³/mol. The molecule has 0 amide bonds. The highest BCUT2D eigenvalue weighted by atomic mass is 79.9. The molecule has 1 aromatic heterocycles. The molecule has 0 N–H and O–H groups in total. The molecule has 0 fully saturated rings. The lowest BCUT2D eigenvalue weighted by Crippen LogP contribution is -2.00. The number of halogens is 3. The van der Waals surface area contributed by atoms with E-state index in [1.807, 2.05) is 36.4 Å². The second-order valence-corrected chi connectivity index (χ2v) is 9.85. The number of rotatable bonds is 5. The van der Waals surface area contributed by atoms with E-state index in [9.17, 15) is 9.59 Å². The molecule has 6 heteroatoms. The first-order chi connectivity index (χ1) is 14.4. The van der Waals surface area contributed by atoms with Gasteiger partial charge >= 0.3 is 0 Å². The van der Waals surface area contributed by atoms with Crippen molar-refractivity contribution in [2.45, 2.75) is 0 Å². The summed E-state index contributed by atoms with van der Waals surface area (Å²) >= 11 is 14.0. The van der Waals surface area contributed by atoms with Gasteiger partial charge in [0.15, 0.2) is 0 Å². The van der Waals surface area contributed by atoms with Gasteiger partial charge in [0, 0.05) is 30.7 Å². The summed E-state index contributed by atoms with van der Waals surface area (Å²) in [6, 6.07) is 23.5. The minimum Gasteiger partial charge on any atom is -0.288 e. The third-order valence-electron chi connectivity index (χ3n) is 4.53. The number of benzene rings is 3. The number of thiophene rings is 1. The summed E-state index contributed by atoms with van der Waals surface area (Å²) in [5.41, 5.74) is 2.71. The Labute approximate surface area is 199 Å². The fourth-order valence-electron chi connectivity index (χ4n) is 2.99. The van der Waals surface area contributed by atoms with Crippen molar-refractivity contribution < 1.29 is 9.59 Å². The fraction of sp³-hybridized carbons (Fsp3) is 0. The highest BCUT2D eigenvalue weighted by Gasteiger charge is 2.22. The molecule has 0 aliphatic rings. The Hall–Kier alpha value is -2.05. The summed E-state index contributed by atoms with van der Waals surface area (Å²) in [6.07, 6.45) is 0. The molecular weight excluding hydrogens is 548 g/mol. The number of ketones is 2. The molecular formula is C24H13Br2ClO2S. The average Bonchev–Trinajstić information content (AvgIpc) is 3.20. The molecule has 0 unspecified atom stereocenters. The summed E-state index contributed by atoms with van der Waals surface area (Å²) < 4.78 is 1.80. The van der Waals surface area contributed by atoms with Crippen molar-refractivity contribution in [3.63, 3.8) is 0 Å². The van der Waals surface area contributed by atoms with Crippen LogP contribution in [0.4, 0.5) is 0 Å². The van der Waals surface area contributed by atoms with Crippen LogP contribution in [0.25, 0.3) is 11.1 Å². The molecule has 0 radical (unpaired) electrons. The van der Waals surface area contributed by atoms with Crippen LogP contribution in [0.3, 0.4) is 0 Å². The van der Waals surface area contributed by atoms with Crippen molar-refractivity contribution in [2.24, 2.45) is 0 Å². The molecule has 0 bridgehead atoms. The normalized spacial score (nSPS) is 10.8. The van der Waals surface area contributed by atoms with Crippen LogP contribution in [0.1, 0.15) is 30.5 Å². The largest absolute Gasteiger partial charge is 0.288 e. The number of carbonyl (C=O) groups is 2. The van der Waals surface area contributed by atoms with Gasteiger partial charge in [-0.05, 0) is 72.3 Å². The highest BCUT2D eigenvalue weighted by molar-refractivity contribution is 9.10. The molecule has 0 saturated carbocycles. The number of hydrogen-bond donors (Lipinski definition) is 0. The summed E-state index contributed by atoms with van der Waals surface area (Å²) in [5.74, 6) is -0.232. The molecule has 3 aromatic carbocycles. The summed E-state index contributed by atoms with van der Waals surface area (Å²) in [7, 11) is 0. The zero-order valence-electron chi connectivity index (χ0n) is 15.4. The Morgan fingerprint density at radius 3 is 1.73 bits per heavy atom. The van der Waals surface area contributed by atoms with E-state index in [1.54, 1.807) is 42.5 Å². The second kappa shape index (κ2) is 8.98. The van der Waals surface area contributed by atoms with Gasteiger partial charge in [0.1, 0.15) is 0 Å². The minimum absolute atomic E-state index is 0.113. The fourth-order valence-corrected chi connectivity index (χ4v) is 4.75. The Balaban J connectivity index is 1.81. The zero-order chi connectivity index (χ0) is 21.3. The SMILES string of the molecule is O=C(c1ccc(Br)cc1)c1cc(-c2ccc(Cl)cc2)c(C(=O)c2ccc(Br)cc2)s1. The van der Waals surface area contributed by atoms with Gasteiger partial charge in [-0.3, -0.25) is 9.59 Å². The van der Waals surface area contributed by atoms with E-state index in [0.717, 1.165) is 20.1 Å².